The standard InChI is InChI=1S/C20H27N3O2S/c1-3-25-21-17(20-9-6-16-26-20)10-11-22-12-14-23(15-13-22)18-7-4-5-8-19(18)24-2/h4-9,16H,3,10-15H2,1-2H3. The van der Waals surface area contributed by atoms with Crippen LogP contribution in [0, 0.1) is 0 Å². The number of para-hydroxylation sites is 2. The number of piperazine rings is 1. The summed E-state index contributed by atoms with van der Waals surface area (Å²) in [7, 11) is 1.74. The Hall–Kier alpha value is -2.05. The van der Waals surface area contributed by atoms with Gasteiger partial charge in [0.2, 0.25) is 0 Å². The minimum atomic E-state index is 0.604. The Morgan fingerprint density at radius 1 is 1.12 bits per heavy atom. The Balaban J connectivity index is 1.53. The molecule has 0 radical (unpaired) electrons. The van der Waals surface area contributed by atoms with Gasteiger partial charge in [0.25, 0.3) is 0 Å². The van der Waals surface area contributed by atoms with Crippen molar-refractivity contribution in [3.8, 4) is 5.75 Å². The van der Waals surface area contributed by atoms with Crippen molar-refractivity contribution in [3.63, 3.8) is 0 Å². The SMILES string of the molecule is CCON=C(CCN1CCN(c2ccccc2OC)CC1)c1cccs1. The van der Waals surface area contributed by atoms with Crippen molar-refractivity contribution in [3.05, 3.63) is 46.7 Å². The Bertz CT molecular complexity index is 695. The molecule has 3 rings (SSSR count). The maximum absolute atomic E-state index is 5.50. The lowest BCUT2D eigenvalue weighted by atomic mass is 10.2. The van der Waals surface area contributed by atoms with Gasteiger partial charge < -0.3 is 14.5 Å². The van der Waals surface area contributed by atoms with E-state index in [9.17, 15) is 0 Å². The van der Waals surface area contributed by atoms with Crippen molar-refractivity contribution < 1.29 is 9.57 Å². The van der Waals surface area contributed by atoms with E-state index in [0.29, 0.717) is 6.61 Å². The number of oxime groups is 1. The highest BCUT2D eigenvalue weighted by Gasteiger charge is 2.20. The summed E-state index contributed by atoms with van der Waals surface area (Å²) >= 11 is 1.72. The topological polar surface area (TPSA) is 37.3 Å². The first kappa shape index (κ1) is 18.7. The van der Waals surface area contributed by atoms with E-state index in [4.69, 9.17) is 9.57 Å². The molecular formula is C20H27N3O2S. The second-order valence-electron chi connectivity index (χ2n) is 6.18. The van der Waals surface area contributed by atoms with Crippen LogP contribution in [0.1, 0.15) is 18.2 Å². The van der Waals surface area contributed by atoms with Gasteiger partial charge in [0.15, 0.2) is 0 Å². The Labute approximate surface area is 159 Å². The van der Waals surface area contributed by atoms with Gasteiger partial charge in [0.05, 0.1) is 23.4 Å². The van der Waals surface area contributed by atoms with Gasteiger partial charge in [0.1, 0.15) is 12.4 Å². The van der Waals surface area contributed by atoms with Crippen molar-refractivity contribution in [2.75, 3.05) is 51.3 Å². The van der Waals surface area contributed by atoms with Crippen molar-refractivity contribution in [1.29, 1.82) is 0 Å². The van der Waals surface area contributed by atoms with Crippen LogP contribution < -0.4 is 9.64 Å². The van der Waals surface area contributed by atoms with Crippen LogP contribution in [-0.4, -0.2) is 57.1 Å². The predicted octanol–water partition coefficient (Wildman–Crippen LogP) is 3.71. The highest BCUT2D eigenvalue weighted by Crippen LogP contribution is 2.28. The zero-order chi connectivity index (χ0) is 18.2. The monoisotopic (exact) mass is 373 g/mol. The minimum Gasteiger partial charge on any atom is -0.495 e. The van der Waals surface area contributed by atoms with Crippen molar-refractivity contribution >= 4 is 22.7 Å². The number of hydrogen-bond donors (Lipinski definition) is 0. The van der Waals surface area contributed by atoms with E-state index in [0.717, 1.165) is 50.6 Å². The summed E-state index contributed by atoms with van der Waals surface area (Å²) in [5.41, 5.74) is 2.24. The smallest absolute Gasteiger partial charge is 0.142 e. The van der Waals surface area contributed by atoms with E-state index in [2.05, 4.69) is 44.6 Å². The molecule has 6 heteroatoms. The van der Waals surface area contributed by atoms with Crippen LogP contribution in [0.3, 0.4) is 0 Å². The fraction of sp³-hybridized carbons (Fsp3) is 0.450. The van der Waals surface area contributed by atoms with E-state index < -0.39 is 0 Å². The largest absolute Gasteiger partial charge is 0.495 e. The number of nitrogens with zero attached hydrogens (tertiary/aromatic N) is 3. The summed E-state index contributed by atoms with van der Waals surface area (Å²) in [6.07, 6.45) is 0.912. The molecule has 1 aromatic carbocycles. The Morgan fingerprint density at radius 2 is 1.92 bits per heavy atom. The van der Waals surface area contributed by atoms with Crippen LogP contribution in [0.5, 0.6) is 5.75 Å². The number of ether oxygens (including phenoxy) is 1. The zero-order valence-corrected chi connectivity index (χ0v) is 16.4. The molecule has 1 aromatic heterocycles. The van der Waals surface area contributed by atoms with E-state index in [1.165, 1.54) is 10.6 Å². The Kier molecular flexibility index (Phi) is 6.91. The molecule has 1 aliphatic rings. The van der Waals surface area contributed by atoms with Crippen LogP contribution in [0.25, 0.3) is 0 Å². The van der Waals surface area contributed by atoms with Gasteiger partial charge in [-0.15, -0.1) is 11.3 Å². The minimum absolute atomic E-state index is 0.604. The number of rotatable bonds is 8. The third-order valence-corrected chi connectivity index (χ3v) is 5.49. The normalized spacial score (nSPS) is 15.9. The third-order valence-electron chi connectivity index (χ3n) is 4.57. The molecule has 0 amide bonds. The van der Waals surface area contributed by atoms with Gasteiger partial charge in [0, 0.05) is 39.1 Å². The quantitative estimate of drug-likeness (QED) is 0.522. The summed E-state index contributed by atoms with van der Waals surface area (Å²) in [5.74, 6) is 0.949. The van der Waals surface area contributed by atoms with Crippen LogP contribution >= 0.6 is 11.3 Å². The molecule has 1 fully saturated rings. The first-order valence-corrected chi connectivity index (χ1v) is 10.0. The molecule has 2 heterocycles. The summed E-state index contributed by atoms with van der Waals surface area (Å²) in [6.45, 7) is 7.69. The van der Waals surface area contributed by atoms with Crippen LogP contribution in [0.15, 0.2) is 46.9 Å². The van der Waals surface area contributed by atoms with Gasteiger partial charge in [-0.25, -0.2) is 0 Å². The molecule has 1 saturated heterocycles. The maximum Gasteiger partial charge on any atom is 0.142 e. The number of benzene rings is 1. The zero-order valence-electron chi connectivity index (χ0n) is 15.6. The fourth-order valence-electron chi connectivity index (χ4n) is 3.17. The highest BCUT2D eigenvalue weighted by molar-refractivity contribution is 7.12. The molecule has 1 aliphatic heterocycles. The highest BCUT2D eigenvalue weighted by atomic mass is 32.1. The lowest BCUT2D eigenvalue weighted by Crippen LogP contribution is -2.47. The van der Waals surface area contributed by atoms with Crippen molar-refractivity contribution in [2.24, 2.45) is 5.16 Å². The summed E-state index contributed by atoms with van der Waals surface area (Å²) in [5, 5.41) is 6.41. The summed E-state index contributed by atoms with van der Waals surface area (Å²) in [4.78, 5) is 11.4. The molecule has 0 bridgehead atoms. The second-order valence-corrected chi connectivity index (χ2v) is 7.13. The van der Waals surface area contributed by atoms with Gasteiger partial charge in [-0.2, -0.15) is 0 Å². The van der Waals surface area contributed by atoms with Gasteiger partial charge >= 0.3 is 0 Å². The summed E-state index contributed by atoms with van der Waals surface area (Å²) < 4.78 is 5.50. The van der Waals surface area contributed by atoms with E-state index >= 15 is 0 Å². The lowest BCUT2D eigenvalue weighted by Gasteiger charge is -2.36. The van der Waals surface area contributed by atoms with Gasteiger partial charge in [-0.1, -0.05) is 23.4 Å². The third kappa shape index (κ3) is 4.77. The number of hydrogen-bond acceptors (Lipinski definition) is 6. The molecule has 0 aliphatic carbocycles. The van der Waals surface area contributed by atoms with Crippen molar-refractivity contribution in [2.45, 2.75) is 13.3 Å². The maximum atomic E-state index is 5.50. The Morgan fingerprint density at radius 3 is 2.62 bits per heavy atom. The first-order chi connectivity index (χ1) is 12.8. The number of thiophene rings is 1. The van der Waals surface area contributed by atoms with Crippen LogP contribution in [0.2, 0.25) is 0 Å². The predicted molar refractivity (Wildman–Crippen MR) is 109 cm³/mol. The second kappa shape index (κ2) is 9.59. The molecule has 0 spiro atoms. The molecule has 0 unspecified atom stereocenters. The molecule has 0 N–H and O–H groups in total. The number of anilines is 1. The van der Waals surface area contributed by atoms with E-state index in [1.54, 1.807) is 18.4 Å². The fourth-order valence-corrected chi connectivity index (χ4v) is 3.90. The molecule has 26 heavy (non-hydrogen) atoms. The molecule has 140 valence electrons. The molecule has 0 atom stereocenters. The average Bonchev–Trinajstić information content (AvgIpc) is 3.23. The van der Waals surface area contributed by atoms with Crippen LogP contribution in [0.4, 0.5) is 5.69 Å². The van der Waals surface area contributed by atoms with E-state index in [-0.39, 0.29) is 0 Å². The van der Waals surface area contributed by atoms with Gasteiger partial charge in [-0.3, -0.25) is 4.90 Å². The lowest BCUT2D eigenvalue weighted by molar-refractivity contribution is 0.158. The van der Waals surface area contributed by atoms with Gasteiger partial charge in [-0.05, 0) is 30.5 Å². The average molecular weight is 374 g/mol. The van der Waals surface area contributed by atoms with Crippen LogP contribution in [-0.2, 0) is 4.84 Å². The number of methoxy groups -OCH3 is 1. The van der Waals surface area contributed by atoms with E-state index in [1.807, 2.05) is 19.1 Å². The molecule has 0 saturated carbocycles. The molecular weight excluding hydrogens is 346 g/mol. The first-order valence-electron chi connectivity index (χ1n) is 9.15. The van der Waals surface area contributed by atoms with Crippen molar-refractivity contribution in [1.82, 2.24) is 4.90 Å². The summed E-state index contributed by atoms with van der Waals surface area (Å²) in [6, 6.07) is 12.4. The molecule has 2 aromatic rings. The molecule has 5 nitrogen and oxygen atoms in total.